The molecule has 0 saturated heterocycles. The number of benzene rings is 1. The molecule has 0 aliphatic carbocycles. The van der Waals surface area contributed by atoms with Crippen LogP contribution in [-0.2, 0) is 4.79 Å². The van der Waals surface area contributed by atoms with E-state index in [1.54, 1.807) is 42.3 Å². The Kier molecular flexibility index (Phi) is 4.31. The zero-order valence-electron chi connectivity index (χ0n) is 14.3. The molecule has 2 aromatic heterocycles. The van der Waals surface area contributed by atoms with Gasteiger partial charge in [0.2, 0.25) is 5.91 Å². The molecule has 0 unspecified atom stereocenters. The minimum Gasteiger partial charge on any atom is -0.497 e. The van der Waals surface area contributed by atoms with Gasteiger partial charge in [-0.2, -0.15) is 0 Å². The highest BCUT2D eigenvalue weighted by Crippen LogP contribution is 2.26. The molecule has 3 aromatic rings. The van der Waals surface area contributed by atoms with Crippen LogP contribution in [0.4, 0.5) is 0 Å². The molecule has 0 aliphatic heterocycles. The molecular weight excluding hydrogens is 320 g/mol. The van der Waals surface area contributed by atoms with E-state index in [4.69, 9.17) is 10.5 Å². The Morgan fingerprint density at radius 2 is 2.08 bits per heavy atom. The molecule has 130 valence electrons. The van der Waals surface area contributed by atoms with Crippen molar-refractivity contribution in [3.8, 4) is 17.1 Å². The van der Waals surface area contributed by atoms with Crippen LogP contribution in [0.1, 0.15) is 19.9 Å². The fourth-order valence-corrected chi connectivity index (χ4v) is 3.01. The average Bonchev–Trinajstić information content (AvgIpc) is 3.01. The third-order valence-corrected chi connectivity index (χ3v) is 4.18. The van der Waals surface area contributed by atoms with Crippen LogP contribution >= 0.6 is 0 Å². The molecule has 0 aliphatic rings. The van der Waals surface area contributed by atoms with Crippen molar-refractivity contribution in [3.63, 3.8) is 0 Å². The van der Waals surface area contributed by atoms with Gasteiger partial charge in [0.1, 0.15) is 17.6 Å². The van der Waals surface area contributed by atoms with E-state index in [-0.39, 0.29) is 11.5 Å². The van der Waals surface area contributed by atoms with Crippen molar-refractivity contribution >= 4 is 16.8 Å². The van der Waals surface area contributed by atoms with Crippen molar-refractivity contribution < 1.29 is 9.53 Å². The number of fused-ring (bicyclic) bond motifs is 1. The van der Waals surface area contributed by atoms with E-state index < -0.39 is 11.9 Å². The van der Waals surface area contributed by atoms with E-state index >= 15 is 0 Å². The highest BCUT2D eigenvalue weighted by Gasteiger charge is 2.25. The van der Waals surface area contributed by atoms with Crippen LogP contribution in [0.3, 0.4) is 0 Å². The van der Waals surface area contributed by atoms with Gasteiger partial charge in [0.15, 0.2) is 0 Å². The first-order chi connectivity index (χ1) is 11.9. The van der Waals surface area contributed by atoms with E-state index in [2.05, 4.69) is 9.97 Å². The number of imidazole rings is 1. The molecule has 0 saturated carbocycles. The number of nitrogens with zero attached hydrogens (tertiary/aromatic N) is 2. The van der Waals surface area contributed by atoms with Crippen LogP contribution in [0.2, 0.25) is 0 Å². The van der Waals surface area contributed by atoms with Crippen LogP contribution in [0.15, 0.2) is 41.5 Å². The summed E-state index contributed by atoms with van der Waals surface area (Å²) in [6.07, 6.45) is 3.23. The summed E-state index contributed by atoms with van der Waals surface area (Å²) in [6, 6.07) is 6.55. The predicted octanol–water partition coefficient (Wildman–Crippen LogP) is 2.08. The lowest BCUT2D eigenvalue weighted by molar-refractivity contribution is -0.122. The van der Waals surface area contributed by atoms with Gasteiger partial charge in [0, 0.05) is 23.3 Å². The lowest BCUT2D eigenvalue weighted by Crippen LogP contribution is -2.31. The van der Waals surface area contributed by atoms with Crippen LogP contribution in [-0.4, -0.2) is 27.6 Å². The number of pyridine rings is 1. The molecule has 3 N–H and O–H groups in total. The molecular formula is C18H20N4O3. The summed E-state index contributed by atoms with van der Waals surface area (Å²) < 4.78 is 6.89. The normalized spacial score (nSPS) is 12.5. The Bertz CT molecular complexity index is 987. The first-order valence-electron chi connectivity index (χ1n) is 7.96. The standard InChI is InChI=1S/C18H20N4O3/c1-10(2)15(16(19)23)22-7-6-20-17(22)13-9-11-8-12(25-3)4-5-14(11)21-18(13)24/h4-10,15H,1-3H3,(H2,19,23)(H,21,24)/t15-/m0/s1. The second kappa shape index (κ2) is 6.43. The molecule has 7 heteroatoms. The number of hydrogen-bond donors (Lipinski definition) is 2. The molecule has 0 fully saturated rings. The highest BCUT2D eigenvalue weighted by atomic mass is 16.5. The van der Waals surface area contributed by atoms with E-state index in [0.717, 1.165) is 5.39 Å². The topological polar surface area (TPSA) is 103 Å². The Morgan fingerprint density at radius 1 is 1.32 bits per heavy atom. The minimum atomic E-state index is -0.585. The summed E-state index contributed by atoms with van der Waals surface area (Å²) in [5.74, 6) is 0.590. The van der Waals surface area contributed by atoms with Crippen molar-refractivity contribution in [2.75, 3.05) is 7.11 Å². The quantitative estimate of drug-likeness (QED) is 0.742. The lowest BCUT2D eigenvalue weighted by atomic mass is 10.0. The summed E-state index contributed by atoms with van der Waals surface area (Å²) in [7, 11) is 1.58. The van der Waals surface area contributed by atoms with Crippen LogP contribution in [0.5, 0.6) is 5.75 Å². The van der Waals surface area contributed by atoms with Gasteiger partial charge in [-0.1, -0.05) is 13.8 Å². The van der Waals surface area contributed by atoms with Gasteiger partial charge in [-0.25, -0.2) is 4.98 Å². The Hall–Kier alpha value is -3.09. The van der Waals surface area contributed by atoms with Gasteiger partial charge >= 0.3 is 0 Å². The Morgan fingerprint density at radius 3 is 2.72 bits per heavy atom. The maximum absolute atomic E-state index is 12.5. The number of aromatic nitrogens is 3. The van der Waals surface area contributed by atoms with Gasteiger partial charge in [-0.05, 0) is 30.2 Å². The smallest absolute Gasteiger partial charge is 0.259 e. The third kappa shape index (κ3) is 3.00. The highest BCUT2D eigenvalue weighted by molar-refractivity contribution is 5.84. The number of ether oxygens (including phenoxy) is 1. The first kappa shape index (κ1) is 16.8. The zero-order chi connectivity index (χ0) is 18.1. The SMILES string of the molecule is COc1ccc2[nH]c(=O)c(-c3nccn3[C@H](C(N)=O)C(C)C)cc2c1. The number of nitrogens with one attached hydrogen (secondary N) is 1. The van der Waals surface area contributed by atoms with Gasteiger partial charge in [0.05, 0.1) is 12.7 Å². The van der Waals surface area contributed by atoms with E-state index in [0.29, 0.717) is 22.7 Å². The maximum Gasteiger partial charge on any atom is 0.259 e. The molecule has 0 spiro atoms. The molecule has 7 nitrogen and oxygen atoms in total. The summed E-state index contributed by atoms with van der Waals surface area (Å²) >= 11 is 0. The number of amides is 1. The number of hydrogen-bond acceptors (Lipinski definition) is 4. The number of primary amides is 1. The number of rotatable bonds is 5. The monoisotopic (exact) mass is 340 g/mol. The molecule has 25 heavy (non-hydrogen) atoms. The second-order valence-corrected chi connectivity index (χ2v) is 6.21. The van der Waals surface area contributed by atoms with Gasteiger partial charge in [0.25, 0.3) is 5.56 Å². The average molecular weight is 340 g/mol. The molecule has 1 aromatic carbocycles. The van der Waals surface area contributed by atoms with Crippen molar-refractivity contribution in [3.05, 3.63) is 47.0 Å². The molecule has 3 rings (SSSR count). The second-order valence-electron chi connectivity index (χ2n) is 6.21. The number of carbonyl (C=O) groups is 1. The summed E-state index contributed by atoms with van der Waals surface area (Å²) in [5, 5.41) is 0.809. The van der Waals surface area contributed by atoms with Crippen LogP contribution < -0.4 is 16.0 Å². The van der Waals surface area contributed by atoms with Crippen molar-refractivity contribution in [1.29, 1.82) is 0 Å². The first-order valence-corrected chi connectivity index (χ1v) is 7.96. The maximum atomic E-state index is 12.5. The van der Waals surface area contributed by atoms with Gasteiger partial charge in [-0.15, -0.1) is 0 Å². The molecule has 1 atom stereocenters. The number of nitrogens with two attached hydrogens (primary N) is 1. The summed E-state index contributed by atoms with van der Waals surface area (Å²) in [6.45, 7) is 3.80. The molecule has 0 radical (unpaired) electrons. The Balaban J connectivity index is 2.20. The van der Waals surface area contributed by atoms with Crippen molar-refractivity contribution in [2.24, 2.45) is 11.7 Å². The molecule has 2 heterocycles. The molecule has 1 amide bonds. The summed E-state index contributed by atoms with van der Waals surface area (Å²) in [5.41, 5.74) is 6.34. The predicted molar refractivity (Wildman–Crippen MR) is 95.4 cm³/mol. The third-order valence-electron chi connectivity index (χ3n) is 4.18. The number of aromatic amines is 1. The van der Waals surface area contributed by atoms with Gasteiger partial charge in [-0.3, -0.25) is 9.59 Å². The van der Waals surface area contributed by atoms with Crippen molar-refractivity contribution in [2.45, 2.75) is 19.9 Å². The zero-order valence-corrected chi connectivity index (χ0v) is 14.3. The number of methoxy groups -OCH3 is 1. The van der Waals surface area contributed by atoms with Crippen LogP contribution in [0.25, 0.3) is 22.3 Å². The number of H-pyrrole nitrogens is 1. The lowest BCUT2D eigenvalue weighted by Gasteiger charge is -2.21. The fourth-order valence-electron chi connectivity index (χ4n) is 3.01. The van der Waals surface area contributed by atoms with Crippen molar-refractivity contribution in [1.82, 2.24) is 14.5 Å². The Labute approximate surface area is 144 Å². The minimum absolute atomic E-state index is 0.0370. The van der Waals surface area contributed by atoms with E-state index in [1.807, 2.05) is 19.9 Å². The van der Waals surface area contributed by atoms with E-state index in [9.17, 15) is 9.59 Å². The number of carbonyl (C=O) groups excluding carboxylic acids is 1. The summed E-state index contributed by atoms with van der Waals surface area (Å²) in [4.78, 5) is 31.5. The van der Waals surface area contributed by atoms with Gasteiger partial charge < -0.3 is 20.0 Å². The molecule has 0 bridgehead atoms. The van der Waals surface area contributed by atoms with Crippen LogP contribution in [0, 0.1) is 5.92 Å². The largest absolute Gasteiger partial charge is 0.497 e. The fraction of sp³-hybridized carbons (Fsp3) is 0.278. The van der Waals surface area contributed by atoms with E-state index in [1.165, 1.54) is 0 Å².